The molecule has 6 atom stereocenters. The van der Waals surface area contributed by atoms with Crippen LogP contribution in [0.5, 0.6) is 5.75 Å². The highest BCUT2D eigenvalue weighted by atomic mass is 35.5. The summed E-state index contributed by atoms with van der Waals surface area (Å²) in [5.74, 6) is -4.10. The topological polar surface area (TPSA) is 95.0 Å². The van der Waals surface area contributed by atoms with Crippen molar-refractivity contribution in [2.45, 2.75) is 42.4 Å². The van der Waals surface area contributed by atoms with E-state index in [0.717, 1.165) is 15.4 Å². The van der Waals surface area contributed by atoms with Crippen LogP contribution in [0.3, 0.4) is 0 Å². The largest absolute Gasteiger partial charge is 0.507 e. The number of fused-ring (bicyclic) bond motifs is 4. The monoisotopic (exact) mass is 490 g/mol. The van der Waals surface area contributed by atoms with Gasteiger partial charge < -0.3 is 5.11 Å². The second-order valence-corrected chi connectivity index (χ2v) is 11.0. The summed E-state index contributed by atoms with van der Waals surface area (Å²) in [5, 5.41) is 10.3. The average molecular weight is 491 g/mol. The molecule has 7 nitrogen and oxygen atoms in total. The van der Waals surface area contributed by atoms with Crippen molar-refractivity contribution in [3.63, 3.8) is 0 Å². The first kappa shape index (κ1) is 22.4. The predicted octanol–water partition coefficient (Wildman–Crippen LogP) is 2.63. The Hall–Kier alpha value is -2.38. The van der Waals surface area contributed by atoms with Crippen molar-refractivity contribution >= 4 is 46.8 Å². The van der Waals surface area contributed by atoms with Gasteiger partial charge in [-0.25, -0.2) is 0 Å². The summed E-state index contributed by atoms with van der Waals surface area (Å²) < 4.78 is 0. The van der Waals surface area contributed by atoms with Gasteiger partial charge >= 0.3 is 0 Å². The van der Waals surface area contributed by atoms with Gasteiger partial charge in [0.25, 0.3) is 11.8 Å². The van der Waals surface area contributed by atoms with Crippen LogP contribution in [-0.4, -0.2) is 62.4 Å². The number of rotatable bonds is 1. The number of carbonyl (C=O) groups is 4. The number of allylic oxidation sites excluding steroid dienone is 2. The second kappa shape index (κ2) is 6.83. The molecular weight excluding hydrogens is 467 g/mol. The maximum Gasteiger partial charge on any atom is 0.253 e. The van der Waals surface area contributed by atoms with E-state index in [2.05, 4.69) is 0 Å². The maximum atomic E-state index is 13.5. The van der Waals surface area contributed by atoms with Gasteiger partial charge in [0.15, 0.2) is 9.75 Å². The molecule has 2 aliphatic heterocycles. The molecule has 4 amide bonds. The molecule has 0 spiro atoms. The Morgan fingerprint density at radius 1 is 0.939 bits per heavy atom. The molecule has 0 bridgehead atoms. The standard InChI is InChI=1S/C24H24Cl2N2O5/c1-10-7-12(8-11(2)18(10)29)17-13-5-6-14-16(20(31)27(3)19(14)30)15(13)9-23(25)21(32)28(4)22(33)24(17,23)26/h5,7-8,14-17,29H,6,9H2,1-4H3/t14-,15+,16-,17-,23+,24-/m0/s1. The van der Waals surface area contributed by atoms with Crippen molar-refractivity contribution in [1.82, 2.24) is 9.80 Å². The molecule has 2 heterocycles. The Labute approximate surface area is 201 Å². The fraction of sp³-hybridized carbons (Fsp3) is 0.500. The Morgan fingerprint density at radius 2 is 1.55 bits per heavy atom. The summed E-state index contributed by atoms with van der Waals surface area (Å²) in [5.41, 5.74) is 2.58. The fourth-order valence-electron chi connectivity index (χ4n) is 6.43. The molecule has 1 N–H and O–H groups in total. The molecule has 1 aromatic rings. The molecular formula is C24H24Cl2N2O5. The number of amides is 4. The van der Waals surface area contributed by atoms with Gasteiger partial charge in [-0.3, -0.25) is 29.0 Å². The summed E-state index contributed by atoms with van der Waals surface area (Å²) in [6, 6.07) is 3.49. The Balaban J connectivity index is 1.78. The molecule has 2 aliphatic carbocycles. The predicted molar refractivity (Wildman–Crippen MR) is 121 cm³/mol. The van der Waals surface area contributed by atoms with Crippen LogP contribution in [-0.2, 0) is 19.2 Å². The highest BCUT2D eigenvalue weighted by molar-refractivity contribution is 6.53. The number of alkyl halides is 2. The molecule has 1 saturated carbocycles. The number of hydrogen-bond donors (Lipinski definition) is 1. The first-order chi connectivity index (χ1) is 15.4. The number of aryl methyl sites for hydroxylation is 2. The molecule has 5 rings (SSSR count). The number of hydrogen-bond acceptors (Lipinski definition) is 5. The Kier molecular flexibility index (Phi) is 4.64. The van der Waals surface area contributed by atoms with Crippen LogP contribution in [0.1, 0.15) is 35.4 Å². The summed E-state index contributed by atoms with van der Waals surface area (Å²) in [6.45, 7) is 3.49. The number of nitrogens with zero attached hydrogens (tertiary/aromatic N) is 2. The van der Waals surface area contributed by atoms with E-state index in [4.69, 9.17) is 23.2 Å². The lowest BCUT2D eigenvalue weighted by atomic mass is 9.56. The van der Waals surface area contributed by atoms with Gasteiger partial charge in [-0.1, -0.05) is 23.8 Å². The number of imide groups is 2. The van der Waals surface area contributed by atoms with Crippen LogP contribution < -0.4 is 0 Å². The second-order valence-electron chi connectivity index (χ2n) is 9.74. The van der Waals surface area contributed by atoms with Crippen molar-refractivity contribution < 1.29 is 24.3 Å². The Morgan fingerprint density at radius 3 is 2.15 bits per heavy atom. The van der Waals surface area contributed by atoms with Crippen molar-refractivity contribution in [3.8, 4) is 5.75 Å². The first-order valence-electron chi connectivity index (χ1n) is 10.9. The van der Waals surface area contributed by atoms with E-state index in [1.165, 1.54) is 14.1 Å². The molecule has 174 valence electrons. The molecule has 3 fully saturated rings. The first-order valence-corrected chi connectivity index (χ1v) is 11.6. The lowest BCUT2D eigenvalue weighted by Crippen LogP contribution is -2.60. The number of carbonyl (C=O) groups excluding carboxylic acids is 4. The molecule has 0 unspecified atom stereocenters. The molecule has 2 saturated heterocycles. The number of aromatic hydroxyl groups is 1. The summed E-state index contributed by atoms with van der Waals surface area (Å²) >= 11 is 14.2. The van der Waals surface area contributed by atoms with Crippen LogP contribution in [0.15, 0.2) is 23.8 Å². The minimum atomic E-state index is -1.80. The smallest absolute Gasteiger partial charge is 0.253 e. The maximum absolute atomic E-state index is 13.5. The third-order valence-electron chi connectivity index (χ3n) is 8.08. The fourth-order valence-corrected chi connectivity index (χ4v) is 7.45. The lowest BCUT2D eigenvalue weighted by Gasteiger charge is -2.51. The molecule has 1 aromatic carbocycles. The molecule has 33 heavy (non-hydrogen) atoms. The van der Waals surface area contributed by atoms with Gasteiger partial charge in [-0.15, -0.1) is 23.2 Å². The van der Waals surface area contributed by atoms with E-state index in [1.54, 1.807) is 26.0 Å². The number of halogens is 2. The van der Waals surface area contributed by atoms with Crippen LogP contribution >= 0.6 is 23.2 Å². The highest BCUT2D eigenvalue weighted by Gasteiger charge is 2.75. The van der Waals surface area contributed by atoms with E-state index in [0.29, 0.717) is 23.1 Å². The van der Waals surface area contributed by atoms with Gasteiger partial charge in [0.1, 0.15) is 5.75 Å². The average Bonchev–Trinajstić information content (AvgIpc) is 3.06. The minimum Gasteiger partial charge on any atom is -0.507 e. The van der Waals surface area contributed by atoms with Crippen molar-refractivity contribution in [1.29, 1.82) is 0 Å². The van der Waals surface area contributed by atoms with Crippen molar-refractivity contribution in [2.24, 2.45) is 17.8 Å². The number of phenols is 1. The third-order valence-corrected chi connectivity index (χ3v) is 9.49. The van der Waals surface area contributed by atoms with Crippen LogP contribution in [0.25, 0.3) is 0 Å². The third kappa shape index (κ3) is 2.52. The van der Waals surface area contributed by atoms with Gasteiger partial charge in [0.2, 0.25) is 11.8 Å². The van der Waals surface area contributed by atoms with Gasteiger partial charge in [-0.05, 0) is 49.3 Å². The minimum absolute atomic E-state index is 0.0145. The van der Waals surface area contributed by atoms with Gasteiger partial charge in [0.05, 0.1) is 11.8 Å². The zero-order valence-corrected chi connectivity index (χ0v) is 20.2. The molecule has 9 heteroatoms. The SMILES string of the molecule is Cc1cc([C@H]2C3=CC[C@@H]4C(=O)N(C)C(=O)[C@@H]4[C@@H]3C[C@@]3(Cl)C(=O)N(C)C(=O)[C@@]23Cl)cc(C)c1O. The quantitative estimate of drug-likeness (QED) is 0.370. The summed E-state index contributed by atoms with van der Waals surface area (Å²) in [4.78, 5) is 51.1. The van der Waals surface area contributed by atoms with Crippen molar-refractivity contribution in [2.75, 3.05) is 14.1 Å². The molecule has 4 aliphatic rings. The van der Waals surface area contributed by atoms with Crippen molar-refractivity contribution in [3.05, 3.63) is 40.5 Å². The normalized spacial score (nSPS) is 37.8. The van der Waals surface area contributed by atoms with E-state index < -0.39 is 45.2 Å². The Bertz CT molecular complexity index is 1170. The number of benzene rings is 1. The zero-order chi connectivity index (χ0) is 24.2. The molecule has 0 radical (unpaired) electrons. The van der Waals surface area contributed by atoms with Crippen LogP contribution in [0, 0.1) is 31.6 Å². The van der Waals surface area contributed by atoms with E-state index >= 15 is 0 Å². The van der Waals surface area contributed by atoms with E-state index in [1.807, 2.05) is 6.08 Å². The zero-order valence-electron chi connectivity index (χ0n) is 18.7. The summed E-state index contributed by atoms with van der Waals surface area (Å²) in [7, 11) is 2.83. The summed E-state index contributed by atoms with van der Waals surface area (Å²) in [6.07, 6.45) is 2.23. The van der Waals surface area contributed by atoms with E-state index in [-0.39, 0.29) is 24.0 Å². The van der Waals surface area contributed by atoms with Crippen LogP contribution in [0.2, 0.25) is 0 Å². The molecule has 0 aromatic heterocycles. The number of phenolic OH excluding ortho intramolecular Hbond substituents is 1. The van der Waals surface area contributed by atoms with Gasteiger partial charge in [-0.2, -0.15) is 0 Å². The van der Waals surface area contributed by atoms with E-state index in [9.17, 15) is 24.3 Å². The van der Waals surface area contributed by atoms with Crippen LogP contribution in [0.4, 0.5) is 0 Å². The number of likely N-dealkylation sites (tertiary alicyclic amines) is 2. The lowest BCUT2D eigenvalue weighted by molar-refractivity contribution is -0.140. The van der Waals surface area contributed by atoms with Gasteiger partial charge in [0, 0.05) is 20.0 Å². The highest BCUT2D eigenvalue weighted by Crippen LogP contribution is 2.65.